The van der Waals surface area contributed by atoms with Gasteiger partial charge in [0.15, 0.2) is 0 Å². The van der Waals surface area contributed by atoms with E-state index in [2.05, 4.69) is 0 Å². The zero-order valence-electron chi connectivity index (χ0n) is 7.73. The van der Waals surface area contributed by atoms with Crippen LogP contribution in [0, 0.1) is 0 Å². The Balaban J connectivity index is 2.93. The number of aliphatic hydroxyl groups is 2. The Morgan fingerprint density at radius 1 is 1.29 bits per heavy atom. The monoisotopic (exact) mass is 215 g/mol. The molecule has 0 saturated carbocycles. The van der Waals surface area contributed by atoms with E-state index in [9.17, 15) is 10.2 Å². The van der Waals surface area contributed by atoms with Crippen LogP contribution < -0.4 is 5.73 Å². The molecule has 1 aromatic rings. The van der Waals surface area contributed by atoms with Gasteiger partial charge in [0.05, 0.1) is 6.10 Å². The van der Waals surface area contributed by atoms with Crippen molar-refractivity contribution in [3.63, 3.8) is 0 Å². The maximum Gasteiger partial charge on any atom is 0.106 e. The molecule has 0 saturated heterocycles. The summed E-state index contributed by atoms with van der Waals surface area (Å²) in [4.78, 5) is 0. The highest BCUT2D eigenvalue weighted by molar-refractivity contribution is 6.17. The summed E-state index contributed by atoms with van der Waals surface area (Å²) in [6.45, 7) is 0.0256. The molecular formula is C10H14ClNO2. The Bertz CT molecular complexity index is 293. The van der Waals surface area contributed by atoms with E-state index in [-0.39, 0.29) is 6.54 Å². The first-order valence-corrected chi connectivity index (χ1v) is 4.94. The van der Waals surface area contributed by atoms with Gasteiger partial charge in [0.1, 0.15) is 6.10 Å². The molecule has 2 atom stereocenters. The summed E-state index contributed by atoms with van der Waals surface area (Å²) in [5.41, 5.74) is 6.71. The molecule has 0 fully saturated rings. The van der Waals surface area contributed by atoms with Gasteiger partial charge in [-0.15, -0.1) is 11.6 Å². The largest absolute Gasteiger partial charge is 0.389 e. The molecule has 0 aliphatic rings. The minimum absolute atomic E-state index is 0.0256. The highest BCUT2D eigenvalue weighted by atomic mass is 35.5. The van der Waals surface area contributed by atoms with Gasteiger partial charge in [0.2, 0.25) is 0 Å². The van der Waals surface area contributed by atoms with Crippen LogP contribution in [0.2, 0.25) is 0 Å². The standard InChI is InChI=1S/C10H14ClNO2/c11-5-7-3-1-2-4-8(7)10(14)9(13)6-12/h1-4,9-10,13-14H,5-6,12H2. The molecule has 4 N–H and O–H groups in total. The van der Waals surface area contributed by atoms with Crippen molar-refractivity contribution < 1.29 is 10.2 Å². The predicted octanol–water partition coefficient (Wildman–Crippen LogP) is 0.778. The van der Waals surface area contributed by atoms with Crippen LogP contribution in [-0.2, 0) is 5.88 Å². The van der Waals surface area contributed by atoms with E-state index in [1.54, 1.807) is 12.1 Å². The average Bonchev–Trinajstić information content (AvgIpc) is 2.26. The van der Waals surface area contributed by atoms with E-state index in [4.69, 9.17) is 17.3 Å². The molecule has 14 heavy (non-hydrogen) atoms. The zero-order chi connectivity index (χ0) is 10.6. The van der Waals surface area contributed by atoms with Gasteiger partial charge in [0.25, 0.3) is 0 Å². The van der Waals surface area contributed by atoms with Gasteiger partial charge in [-0.2, -0.15) is 0 Å². The van der Waals surface area contributed by atoms with Crippen molar-refractivity contribution in [2.45, 2.75) is 18.1 Å². The molecule has 0 heterocycles. The summed E-state index contributed by atoms with van der Waals surface area (Å²) in [5, 5.41) is 19.1. The third kappa shape index (κ3) is 2.45. The number of benzene rings is 1. The van der Waals surface area contributed by atoms with Crippen molar-refractivity contribution in [1.29, 1.82) is 0 Å². The van der Waals surface area contributed by atoms with E-state index in [0.29, 0.717) is 11.4 Å². The number of hydrogen-bond donors (Lipinski definition) is 3. The van der Waals surface area contributed by atoms with Gasteiger partial charge in [0, 0.05) is 12.4 Å². The van der Waals surface area contributed by atoms with Crippen molar-refractivity contribution in [1.82, 2.24) is 0 Å². The Labute approximate surface area is 88.1 Å². The summed E-state index contributed by atoms with van der Waals surface area (Å²) >= 11 is 5.70. The van der Waals surface area contributed by atoms with E-state index in [0.717, 1.165) is 5.56 Å². The molecule has 1 rings (SSSR count). The minimum atomic E-state index is -0.963. The number of nitrogens with two attached hydrogens (primary N) is 1. The topological polar surface area (TPSA) is 66.5 Å². The van der Waals surface area contributed by atoms with Crippen LogP contribution in [0.3, 0.4) is 0 Å². The Hall–Kier alpha value is -0.610. The Kier molecular flexibility index (Phi) is 4.35. The second-order valence-electron chi connectivity index (χ2n) is 3.08. The maximum atomic E-state index is 9.71. The first-order chi connectivity index (χ1) is 6.70. The van der Waals surface area contributed by atoms with Crippen molar-refractivity contribution in [3.05, 3.63) is 35.4 Å². The smallest absolute Gasteiger partial charge is 0.106 e. The first kappa shape index (κ1) is 11.5. The highest BCUT2D eigenvalue weighted by Gasteiger charge is 2.18. The lowest BCUT2D eigenvalue weighted by Gasteiger charge is -2.18. The number of aliphatic hydroxyl groups excluding tert-OH is 2. The average molecular weight is 216 g/mol. The molecular weight excluding hydrogens is 202 g/mol. The number of rotatable bonds is 4. The van der Waals surface area contributed by atoms with Gasteiger partial charge in [-0.1, -0.05) is 24.3 Å². The molecule has 78 valence electrons. The van der Waals surface area contributed by atoms with Crippen LogP contribution in [0.4, 0.5) is 0 Å². The second kappa shape index (κ2) is 5.32. The zero-order valence-corrected chi connectivity index (χ0v) is 8.48. The van der Waals surface area contributed by atoms with Crippen LogP contribution in [0.5, 0.6) is 0 Å². The fourth-order valence-electron chi connectivity index (χ4n) is 1.28. The summed E-state index contributed by atoms with van der Waals surface area (Å²) in [6.07, 6.45) is -1.91. The molecule has 0 aliphatic carbocycles. The van der Waals surface area contributed by atoms with Gasteiger partial charge in [-0.05, 0) is 11.1 Å². The molecule has 0 bridgehead atoms. The van der Waals surface area contributed by atoms with Crippen molar-refractivity contribution in [2.24, 2.45) is 5.73 Å². The van der Waals surface area contributed by atoms with Crippen LogP contribution in [-0.4, -0.2) is 22.9 Å². The number of alkyl halides is 1. The summed E-state index contributed by atoms with van der Waals surface area (Å²) < 4.78 is 0. The van der Waals surface area contributed by atoms with Crippen molar-refractivity contribution in [3.8, 4) is 0 Å². The van der Waals surface area contributed by atoms with Crippen LogP contribution in [0.1, 0.15) is 17.2 Å². The van der Waals surface area contributed by atoms with E-state index in [1.165, 1.54) is 0 Å². The Morgan fingerprint density at radius 3 is 2.50 bits per heavy atom. The first-order valence-electron chi connectivity index (χ1n) is 4.40. The van der Waals surface area contributed by atoms with Crippen LogP contribution >= 0.6 is 11.6 Å². The van der Waals surface area contributed by atoms with Crippen LogP contribution in [0.15, 0.2) is 24.3 Å². The highest BCUT2D eigenvalue weighted by Crippen LogP contribution is 2.21. The van der Waals surface area contributed by atoms with Gasteiger partial charge in [-0.25, -0.2) is 0 Å². The SMILES string of the molecule is NCC(O)C(O)c1ccccc1CCl. The molecule has 0 aliphatic heterocycles. The van der Waals surface area contributed by atoms with Gasteiger partial charge >= 0.3 is 0 Å². The fraction of sp³-hybridized carbons (Fsp3) is 0.400. The summed E-state index contributed by atoms with van der Waals surface area (Å²) in [6, 6.07) is 7.18. The van der Waals surface area contributed by atoms with E-state index in [1.807, 2.05) is 12.1 Å². The minimum Gasteiger partial charge on any atom is -0.389 e. The lowest BCUT2D eigenvalue weighted by atomic mass is 9.99. The van der Waals surface area contributed by atoms with E-state index < -0.39 is 12.2 Å². The molecule has 0 aromatic heterocycles. The molecule has 3 nitrogen and oxygen atoms in total. The third-order valence-corrected chi connectivity index (χ3v) is 2.41. The molecule has 2 unspecified atom stereocenters. The number of halogens is 1. The van der Waals surface area contributed by atoms with Crippen molar-refractivity contribution in [2.75, 3.05) is 6.54 Å². The third-order valence-electron chi connectivity index (χ3n) is 2.12. The fourth-order valence-corrected chi connectivity index (χ4v) is 1.52. The molecule has 0 spiro atoms. The lowest BCUT2D eigenvalue weighted by molar-refractivity contribution is 0.0239. The normalized spacial score (nSPS) is 15.1. The molecule has 0 radical (unpaired) electrons. The van der Waals surface area contributed by atoms with Gasteiger partial charge < -0.3 is 15.9 Å². The second-order valence-corrected chi connectivity index (χ2v) is 3.35. The molecule has 1 aromatic carbocycles. The summed E-state index contributed by atoms with van der Waals surface area (Å²) in [7, 11) is 0. The molecule has 0 amide bonds. The predicted molar refractivity (Wildman–Crippen MR) is 56.0 cm³/mol. The quantitative estimate of drug-likeness (QED) is 0.651. The Morgan fingerprint density at radius 2 is 1.93 bits per heavy atom. The molecule has 4 heteroatoms. The maximum absolute atomic E-state index is 9.71. The number of hydrogen-bond acceptors (Lipinski definition) is 3. The van der Waals surface area contributed by atoms with Crippen LogP contribution in [0.25, 0.3) is 0 Å². The summed E-state index contributed by atoms with van der Waals surface area (Å²) in [5.74, 6) is 0.310. The van der Waals surface area contributed by atoms with Gasteiger partial charge in [-0.3, -0.25) is 0 Å². The van der Waals surface area contributed by atoms with E-state index >= 15 is 0 Å². The lowest BCUT2D eigenvalue weighted by Crippen LogP contribution is -2.27. The van der Waals surface area contributed by atoms with Crippen molar-refractivity contribution >= 4 is 11.6 Å².